The minimum absolute atomic E-state index is 0.361. The molecule has 0 bridgehead atoms. The molecule has 144 valence electrons. The highest BCUT2D eigenvalue weighted by Crippen LogP contribution is 2.35. The molecular formula is C21H23N5O2. The predicted octanol–water partition coefficient (Wildman–Crippen LogP) is 3.24. The first kappa shape index (κ1) is 18.0. The number of nitrogens with two attached hydrogens (primary N) is 2. The van der Waals surface area contributed by atoms with Crippen LogP contribution in [0.5, 0.6) is 0 Å². The van der Waals surface area contributed by atoms with Crippen molar-refractivity contribution < 1.29 is 9.53 Å². The lowest BCUT2D eigenvalue weighted by Gasteiger charge is -2.25. The summed E-state index contributed by atoms with van der Waals surface area (Å²) >= 11 is 0. The Morgan fingerprint density at radius 3 is 2.61 bits per heavy atom. The fraction of sp³-hybridized carbons (Fsp3) is 0.286. The van der Waals surface area contributed by atoms with Gasteiger partial charge in [-0.25, -0.2) is 14.8 Å². The van der Waals surface area contributed by atoms with Crippen LogP contribution in [0.3, 0.4) is 0 Å². The first-order chi connectivity index (χ1) is 13.5. The quantitative estimate of drug-likeness (QED) is 0.533. The van der Waals surface area contributed by atoms with Crippen LogP contribution in [0, 0.1) is 0 Å². The second-order valence-electron chi connectivity index (χ2n) is 7.12. The Kier molecular flexibility index (Phi) is 4.50. The van der Waals surface area contributed by atoms with Gasteiger partial charge in [-0.3, -0.25) is 0 Å². The lowest BCUT2D eigenvalue weighted by atomic mass is 10.1. The molecule has 1 aromatic heterocycles. The SMILES string of the molecule is COC(=O)c1ccc2nc(-c3ccc(N)c(N)c3)c(N3CCCC3C)nc2c1. The number of rotatable bonds is 3. The van der Waals surface area contributed by atoms with Crippen LogP contribution in [-0.2, 0) is 4.74 Å². The van der Waals surface area contributed by atoms with Gasteiger partial charge in [0.1, 0.15) is 5.69 Å². The summed E-state index contributed by atoms with van der Waals surface area (Å²) in [7, 11) is 1.37. The third-order valence-corrected chi connectivity index (χ3v) is 5.25. The number of anilines is 3. The lowest BCUT2D eigenvalue weighted by molar-refractivity contribution is 0.0601. The van der Waals surface area contributed by atoms with E-state index in [-0.39, 0.29) is 0 Å². The van der Waals surface area contributed by atoms with Crippen LogP contribution in [0.25, 0.3) is 22.3 Å². The standard InChI is InChI=1S/C21H23N5O2/c1-12-4-3-9-26(12)20-19(13-5-7-15(22)16(23)10-13)24-17-8-6-14(21(27)28-2)11-18(17)25-20/h5-8,10-12H,3-4,9,22-23H2,1-2H3. The van der Waals surface area contributed by atoms with Gasteiger partial charge in [-0.05, 0) is 50.1 Å². The van der Waals surface area contributed by atoms with Gasteiger partial charge in [0.05, 0.1) is 35.1 Å². The Bertz CT molecular complexity index is 1070. The highest BCUT2D eigenvalue weighted by Gasteiger charge is 2.26. The molecule has 0 radical (unpaired) electrons. The molecule has 3 aromatic rings. The number of nitrogens with zero attached hydrogens (tertiary/aromatic N) is 3. The normalized spacial score (nSPS) is 16.5. The number of esters is 1. The number of hydrogen-bond acceptors (Lipinski definition) is 7. The van der Waals surface area contributed by atoms with Crippen LogP contribution in [0.1, 0.15) is 30.1 Å². The van der Waals surface area contributed by atoms with Crippen molar-refractivity contribution in [3.8, 4) is 11.3 Å². The van der Waals surface area contributed by atoms with Crippen molar-refractivity contribution >= 4 is 34.2 Å². The van der Waals surface area contributed by atoms with Gasteiger partial charge in [0, 0.05) is 18.2 Å². The molecule has 0 aliphatic carbocycles. The molecule has 1 aliphatic rings. The molecule has 2 heterocycles. The van der Waals surface area contributed by atoms with E-state index in [9.17, 15) is 4.79 Å². The fourth-order valence-corrected chi connectivity index (χ4v) is 3.65. The van der Waals surface area contributed by atoms with Crippen molar-refractivity contribution in [3.63, 3.8) is 0 Å². The van der Waals surface area contributed by atoms with Crippen molar-refractivity contribution in [2.24, 2.45) is 0 Å². The van der Waals surface area contributed by atoms with Crippen molar-refractivity contribution in [1.29, 1.82) is 0 Å². The number of nitrogen functional groups attached to an aromatic ring is 2. The summed E-state index contributed by atoms with van der Waals surface area (Å²) in [6.45, 7) is 3.10. The number of carbonyl (C=O) groups is 1. The third-order valence-electron chi connectivity index (χ3n) is 5.25. The Labute approximate surface area is 163 Å². The van der Waals surface area contributed by atoms with Gasteiger partial charge in [0.2, 0.25) is 0 Å². The number of aromatic nitrogens is 2. The van der Waals surface area contributed by atoms with E-state index in [1.807, 2.05) is 12.1 Å². The number of fused-ring (bicyclic) bond motifs is 1. The molecule has 1 aliphatic heterocycles. The van der Waals surface area contributed by atoms with Crippen molar-refractivity contribution in [2.75, 3.05) is 30.0 Å². The molecule has 1 atom stereocenters. The highest BCUT2D eigenvalue weighted by molar-refractivity contribution is 5.94. The summed E-state index contributed by atoms with van der Waals surface area (Å²) in [5, 5.41) is 0. The van der Waals surface area contributed by atoms with Crippen molar-refractivity contribution in [1.82, 2.24) is 9.97 Å². The predicted molar refractivity (Wildman–Crippen MR) is 111 cm³/mol. The van der Waals surface area contributed by atoms with E-state index in [4.69, 9.17) is 26.2 Å². The molecule has 28 heavy (non-hydrogen) atoms. The van der Waals surface area contributed by atoms with Gasteiger partial charge in [0.25, 0.3) is 0 Å². The molecule has 0 saturated carbocycles. The van der Waals surface area contributed by atoms with Gasteiger partial charge in [-0.2, -0.15) is 0 Å². The maximum absolute atomic E-state index is 11.9. The summed E-state index contributed by atoms with van der Waals surface area (Å²) in [5.74, 6) is 0.402. The zero-order valence-electron chi connectivity index (χ0n) is 16.0. The van der Waals surface area contributed by atoms with Crippen molar-refractivity contribution in [2.45, 2.75) is 25.8 Å². The Balaban J connectivity index is 1.93. The van der Waals surface area contributed by atoms with E-state index in [1.165, 1.54) is 7.11 Å². The van der Waals surface area contributed by atoms with E-state index in [2.05, 4.69) is 11.8 Å². The molecule has 4 rings (SSSR count). The number of carbonyl (C=O) groups excluding carboxylic acids is 1. The molecule has 1 saturated heterocycles. The first-order valence-electron chi connectivity index (χ1n) is 9.30. The second kappa shape index (κ2) is 6.99. The third kappa shape index (κ3) is 3.09. The average Bonchev–Trinajstić information content (AvgIpc) is 3.13. The Morgan fingerprint density at radius 2 is 1.93 bits per heavy atom. The molecule has 0 amide bonds. The monoisotopic (exact) mass is 377 g/mol. The summed E-state index contributed by atoms with van der Waals surface area (Å²) in [6.07, 6.45) is 2.21. The van der Waals surface area contributed by atoms with Gasteiger partial charge in [-0.1, -0.05) is 6.07 Å². The molecular weight excluding hydrogens is 354 g/mol. The first-order valence-corrected chi connectivity index (χ1v) is 9.30. The number of methoxy groups -OCH3 is 1. The number of ether oxygens (including phenoxy) is 1. The van der Waals surface area contributed by atoms with E-state index < -0.39 is 5.97 Å². The van der Waals surface area contributed by atoms with Gasteiger partial charge in [-0.15, -0.1) is 0 Å². The van der Waals surface area contributed by atoms with Crippen molar-refractivity contribution in [3.05, 3.63) is 42.0 Å². The summed E-state index contributed by atoms with van der Waals surface area (Å²) < 4.78 is 4.83. The Hall–Kier alpha value is -3.35. The van der Waals surface area contributed by atoms with Crippen LogP contribution >= 0.6 is 0 Å². The van der Waals surface area contributed by atoms with Crippen LogP contribution in [-0.4, -0.2) is 35.6 Å². The molecule has 7 nitrogen and oxygen atoms in total. The molecule has 1 unspecified atom stereocenters. The van der Waals surface area contributed by atoms with Gasteiger partial charge < -0.3 is 21.1 Å². The summed E-state index contributed by atoms with van der Waals surface area (Å²) in [6, 6.07) is 11.1. The van der Waals surface area contributed by atoms with Crippen LogP contribution in [0.2, 0.25) is 0 Å². The van der Waals surface area contributed by atoms with Gasteiger partial charge in [0.15, 0.2) is 5.82 Å². The van der Waals surface area contributed by atoms with E-state index in [0.29, 0.717) is 34.0 Å². The largest absolute Gasteiger partial charge is 0.465 e. The average molecular weight is 377 g/mol. The minimum Gasteiger partial charge on any atom is -0.465 e. The zero-order valence-corrected chi connectivity index (χ0v) is 16.0. The zero-order chi connectivity index (χ0) is 19.8. The second-order valence-corrected chi connectivity index (χ2v) is 7.12. The lowest BCUT2D eigenvalue weighted by Crippen LogP contribution is -2.28. The molecule has 1 fully saturated rings. The smallest absolute Gasteiger partial charge is 0.337 e. The molecule has 0 spiro atoms. The maximum Gasteiger partial charge on any atom is 0.337 e. The van der Waals surface area contributed by atoms with Crippen LogP contribution < -0.4 is 16.4 Å². The van der Waals surface area contributed by atoms with E-state index >= 15 is 0 Å². The van der Waals surface area contributed by atoms with Gasteiger partial charge >= 0.3 is 5.97 Å². The van der Waals surface area contributed by atoms with Crippen LogP contribution in [0.4, 0.5) is 17.2 Å². The molecule has 2 aromatic carbocycles. The molecule has 4 N–H and O–H groups in total. The van der Waals surface area contributed by atoms with E-state index in [1.54, 1.807) is 24.3 Å². The Morgan fingerprint density at radius 1 is 1.11 bits per heavy atom. The number of hydrogen-bond donors (Lipinski definition) is 2. The topological polar surface area (TPSA) is 107 Å². The minimum atomic E-state index is -0.393. The summed E-state index contributed by atoms with van der Waals surface area (Å²) in [4.78, 5) is 23.9. The number of benzene rings is 2. The molecule has 7 heteroatoms. The highest BCUT2D eigenvalue weighted by atomic mass is 16.5. The summed E-state index contributed by atoms with van der Waals surface area (Å²) in [5.41, 5.74) is 16.4. The fourth-order valence-electron chi connectivity index (χ4n) is 3.65. The van der Waals surface area contributed by atoms with E-state index in [0.717, 1.165) is 36.5 Å². The maximum atomic E-state index is 11.9. The van der Waals surface area contributed by atoms with Crippen LogP contribution in [0.15, 0.2) is 36.4 Å².